The Balaban J connectivity index is 1.67. The molecule has 0 bridgehead atoms. The molecule has 1 aliphatic heterocycles. The van der Waals surface area contributed by atoms with Gasteiger partial charge in [0.2, 0.25) is 5.69 Å². The van der Waals surface area contributed by atoms with Gasteiger partial charge in [-0.15, -0.1) is 0 Å². The van der Waals surface area contributed by atoms with Gasteiger partial charge in [-0.3, -0.25) is 4.98 Å². The summed E-state index contributed by atoms with van der Waals surface area (Å²) in [6.07, 6.45) is 5.83. The maximum Gasteiger partial charge on any atom is 0.210 e. The minimum absolute atomic E-state index is 0.186. The van der Waals surface area contributed by atoms with Crippen LogP contribution in [0.5, 0.6) is 11.5 Å². The fourth-order valence-electron chi connectivity index (χ4n) is 4.16. The van der Waals surface area contributed by atoms with Crippen LogP contribution in [0.4, 0.5) is 11.4 Å². The number of allylic oxidation sites excluding steroid dienone is 2. The number of hydrogen-bond acceptors (Lipinski definition) is 4. The minimum atomic E-state index is -0.186. The molecule has 0 aliphatic carbocycles. The first-order valence-corrected chi connectivity index (χ1v) is 10.9. The molecule has 2 aromatic carbocycles. The largest absolute Gasteiger partial charge is 0.497 e. The fraction of sp³-hybridized carbons (Fsp3) is 0.259. The maximum atomic E-state index is 6.02. The predicted octanol–water partition coefficient (Wildman–Crippen LogP) is 5.56. The lowest BCUT2D eigenvalue weighted by Crippen LogP contribution is -2.29. The second kappa shape index (κ2) is 9.27. The van der Waals surface area contributed by atoms with Crippen molar-refractivity contribution in [2.24, 2.45) is 0 Å². The maximum absolute atomic E-state index is 6.02. The molecule has 164 valence electrons. The number of anilines is 1. The first-order chi connectivity index (χ1) is 15.5. The molecule has 3 aromatic rings. The normalized spacial score (nSPS) is 14.8. The molecule has 1 aliphatic rings. The van der Waals surface area contributed by atoms with Gasteiger partial charge in [0, 0.05) is 29.6 Å². The zero-order valence-electron chi connectivity index (χ0n) is 19.1. The van der Waals surface area contributed by atoms with Gasteiger partial charge in [-0.05, 0) is 57.2 Å². The van der Waals surface area contributed by atoms with Crippen LogP contribution in [-0.2, 0) is 5.41 Å². The van der Waals surface area contributed by atoms with Crippen molar-refractivity contribution >= 4 is 17.1 Å². The fourth-order valence-corrected chi connectivity index (χ4v) is 4.16. The minimum Gasteiger partial charge on any atom is -0.497 e. The monoisotopic (exact) mass is 428 g/mol. The lowest BCUT2D eigenvalue weighted by molar-refractivity contribution is -0.439. The molecule has 1 N–H and O–H groups in total. The van der Waals surface area contributed by atoms with E-state index >= 15 is 0 Å². The molecule has 0 spiro atoms. The number of methoxy groups -OCH3 is 1. The Morgan fingerprint density at radius 3 is 2.59 bits per heavy atom. The van der Waals surface area contributed by atoms with Gasteiger partial charge in [0.25, 0.3) is 0 Å². The highest BCUT2D eigenvalue weighted by Crippen LogP contribution is 2.42. The van der Waals surface area contributed by atoms with Crippen molar-refractivity contribution in [3.63, 3.8) is 0 Å². The molecule has 32 heavy (non-hydrogen) atoms. The average molecular weight is 429 g/mol. The van der Waals surface area contributed by atoms with Crippen molar-refractivity contribution < 1.29 is 14.0 Å². The molecular weight excluding hydrogens is 398 g/mol. The van der Waals surface area contributed by atoms with E-state index in [-0.39, 0.29) is 5.41 Å². The summed E-state index contributed by atoms with van der Waals surface area (Å²) in [4.78, 5) is 4.20. The topological polar surface area (TPSA) is 46.4 Å². The van der Waals surface area contributed by atoms with E-state index in [1.165, 1.54) is 17.0 Å². The zero-order valence-corrected chi connectivity index (χ0v) is 19.1. The van der Waals surface area contributed by atoms with Gasteiger partial charge in [-0.1, -0.05) is 18.2 Å². The SMILES string of the molecule is COc1ccc2c(c1)C(C)(C)C(/C=C(\C)Nc1cccnc1)=[N+]2CCOc1ccccc1. The van der Waals surface area contributed by atoms with E-state index in [4.69, 9.17) is 9.47 Å². The first-order valence-electron chi connectivity index (χ1n) is 10.9. The molecule has 5 nitrogen and oxygen atoms in total. The third kappa shape index (κ3) is 4.52. The van der Waals surface area contributed by atoms with E-state index in [2.05, 4.69) is 53.9 Å². The number of ether oxygens (including phenoxy) is 2. The second-order valence-corrected chi connectivity index (χ2v) is 8.40. The summed E-state index contributed by atoms with van der Waals surface area (Å²) in [5, 5.41) is 3.45. The van der Waals surface area contributed by atoms with Crippen molar-refractivity contribution in [3.8, 4) is 11.5 Å². The molecule has 0 fully saturated rings. The summed E-state index contributed by atoms with van der Waals surface area (Å²) in [6, 6.07) is 20.2. The van der Waals surface area contributed by atoms with E-state index in [9.17, 15) is 0 Å². The van der Waals surface area contributed by atoms with Crippen LogP contribution >= 0.6 is 0 Å². The number of nitrogens with zero attached hydrogens (tertiary/aromatic N) is 2. The number of benzene rings is 2. The highest BCUT2D eigenvalue weighted by molar-refractivity contribution is 6.03. The first kappa shape index (κ1) is 21.6. The summed E-state index contributed by atoms with van der Waals surface area (Å²) in [7, 11) is 1.71. The third-order valence-electron chi connectivity index (χ3n) is 5.78. The van der Waals surface area contributed by atoms with Crippen LogP contribution < -0.4 is 14.8 Å². The summed E-state index contributed by atoms with van der Waals surface area (Å²) < 4.78 is 13.9. The zero-order chi connectivity index (χ0) is 22.6. The number of para-hydroxylation sites is 1. The van der Waals surface area contributed by atoms with Crippen molar-refractivity contribution in [3.05, 3.63) is 90.4 Å². The number of hydrogen-bond donors (Lipinski definition) is 1. The summed E-state index contributed by atoms with van der Waals surface area (Å²) in [5.74, 6) is 1.75. The van der Waals surface area contributed by atoms with Gasteiger partial charge in [0.05, 0.1) is 24.4 Å². The Morgan fingerprint density at radius 2 is 1.88 bits per heavy atom. The van der Waals surface area contributed by atoms with E-state index < -0.39 is 0 Å². The average Bonchev–Trinajstić information content (AvgIpc) is 3.01. The standard InChI is InChI=1S/C27H29N3O2/c1-20(29-21-9-8-14-28-19-21)17-26-27(2,3)24-18-23(31-4)12-13-25(24)30(26)15-16-32-22-10-6-5-7-11-22/h5-14,17-19H,15-16H2,1-4H3/p+1. The Kier molecular flexibility index (Phi) is 6.26. The summed E-state index contributed by atoms with van der Waals surface area (Å²) in [6.45, 7) is 7.92. The van der Waals surface area contributed by atoms with Crippen LogP contribution in [-0.4, -0.2) is 35.5 Å². The van der Waals surface area contributed by atoms with Gasteiger partial charge in [0.1, 0.15) is 18.1 Å². The quantitative estimate of drug-likeness (QED) is 0.477. The number of rotatable bonds is 8. The molecule has 0 saturated carbocycles. The van der Waals surface area contributed by atoms with Gasteiger partial charge in [0.15, 0.2) is 12.3 Å². The lowest BCUT2D eigenvalue weighted by Gasteiger charge is -2.17. The summed E-state index contributed by atoms with van der Waals surface area (Å²) in [5.41, 5.74) is 5.48. The van der Waals surface area contributed by atoms with Crippen molar-refractivity contribution in [2.45, 2.75) is 26.2 Å². The van der Waals surface area contributed by atoms with Crippen LogP contribution in [0.1, 0.15) is 26.3 Å². The number of fused-ring (bicyclic) bond motifs is 1. The third-order valence-corrected chi connectivity index (χ3v) is 5.78. The molecule has 2 heterocycles. The number of aromatic nitrogens is 1. The highest BCUT2D eigenvalue weighted by Gasteiger charge is 2.44. The molecule has 0 unspecified atom stereocenters. The van der Waals surface area contributed by atoms with E-state index in [0.29, 0.717) is 6.61 Å². The van der Waals surface area contributed by atoms with Crippen molar-refractivity contribution in [1.29, 1.82) is 0 Å². The van der Waals surface area contributed by atoms with Gasteiger partial charge < -0.3 is 14.8 Å². The Labute approximate surface area is 190 Å². The van der Waals surface area contributed by atoms with Crippen LogP contribution in [0.15, 0.2) is 84.8 Å². The lowest BCUT2D eigenvalue weighted by atomic mass is 9.81. The van der Waals surface area contributed by atoms with E-state index in [1.807, 2.05) is 54.7 Å². The summed E-state index contributed by atoms with van der Waals surface area (Å²) >= 11 is 0. The number of nitrogens with one attached hydrogen (secondary N) is 1. The van der Waals surface area contributed by atoms with Gasteiger partial charge in [-0.2, -0.15) is 4.58 Å². The second-order valence-electron chi connectivity index (χ2n) is 8.40. The van der Waals surface area contributed by atoms with E-state index in [0.717, 1.165) is 29.4 Å². The number of pyridine rings is 1. The molecular formula is C27H30N3O2+. The van der Waals surface area contributed by atoms with Crippen molar-refractivity contribution in [1.82, 2.24) is 4.98 Å². The Hall–Kier alpha value is -3.60. The Bertz CT molecular complexity index is 1140. The van der Waals surface area contributed by atoms with Gasteiger partial charge in [-0.25, -0.2) is 0 Å². The highest BCUT2D eigenvalue weighted by atomic mass is 16.5. The smallest absolute Gasteiger partial charge is 0.210 e. The van der Waals surface area contributed by atoms with Crippen LogP contribution in [0, 0.1) is 0 Å². The molecule has 0 saturated heterocycles. The molecule has 0 amide bonds. The van der Waals surface area contributed by atoms with Crippen LogP contribution in [0.25, 0.3) is 0 Å². The predicted molar refractivity (Wildman–Crippen MR) is 129 cm³/mol. The van der Waals surface area contributed by atoms with Gasteiger partial charge >= 0.3 is 0 Å². The molecule has 1 aromatic heterocycles. The molecule has 5 heteroatoms. The molecule has 4 rings (SSSR count). The van der Waals surface area contributed by atoms with Crippen LogP contribution in [0.2, 0.25) is 0 Å². The molecule has 0 atom stereocenters. The van der Waals surface area contributed by atoms with E-state index in [1.54, 1.807) is 13.3 Å². The molecule has 0 radical (unpaired) electrons. The van der Waals surface area contributed by atoms with Crippen LogP contribution in [0.3, 0.4) is 0 Å². The Morgan fingerprint density at radius 1 is 1.06 bits per heavy atom. The van der Waals surface area contributed by atoms with Crippen molar-refractivity contribution in [2.75, 3.05) is 25.6 Å².